The van der Waals surface area contributed by atoms with Crippen LogP contribution >= 0.6 is 15.9 Å². The van der Waals surface area contributed by atoms with Crippen LogP contribution in [0.5, 0.6) is 0 Å². The van der Waals surface area contributed by atoms with E-state index in [4.69, 9.17) is 5.26 Å². The molecule has 1 N–H and O–H groups in total. The van der Waals surface area contributed by atoms with E-state index in [2.05, 4.69) is 41.3 Å². The Morgan fingerprint density at radius 3 is 2.59 bits per heavy atom. The van der Waals surface area contributed by atoms with Gasteiger partial charge >= 0.3 is 0 Å². The van der Waals surface area contributed by atoms with Gasteiger partial charge in [-0.3, -0.25) is 14.3 Å². The van der Waals surface area contributed by atoms with Crippen LogP contribution in [0.1, 0.15) is 42.5 Å². The Labute approximate surface area is 244 Å². The second-order valence-corrected chi connectivity index (χ2v) is 10.8. The zero-order valence-corrected chi connectivity index (χ0v) is 24.1. The number of amides is 1. The van der Waals surface area contributed by atoms with Crippen LogP contribution in [0.3, 0.4) is 0 Å². The molecule has 41 heavy (non-hydrogen) atoms. The van der Waals surface area contributed by atoms with Crippen molar-refractivity contribution in [1.82, 2.24) is 29.6 Å². The van der Waals surface area contributed by atoms with Gasteiger partial charge in [0.25, 0.3) is 0 Å². The molecular weight excluding hydrogens is 588 g/mol. The molecule has 0 spiro atoms. The van der Waals surface area contributed by atoms with Crippen molar-refractivity contribution in [3.8, 4) is 17.2 Å². The summed E-state index contributed by atoms with van der Waals surface area (Å²) in [6.07, 6.45) is 6.78. The first-order valence-corrected chi connectivity index (χ1v) is 13.9. The molecule has 12 heteroatoms. The minimum Gasteiger partial charge on any atom is -0.373 e. The van der Waals surface area contributed by atoms with E-state index < -0.39 is 0 Å². The number of halogens is 1. The highest BCUT2D eigenvalue weighted by Gasteiger charge is 2.47. The van der Waals surface area contributed by atoms with Crippen LogP contribution in [-0.2, 0) is 16.1 Å². The zero-order valence-electron chi connectivity index (χ0n) is 22.5. The van der Waals surface area contributed by atoms with Gasteiger partial charge in [-0.15, -0.1) is 0 Å². The molecule has 1 aromatic carbocycles. The van der Waals surface area contributed by atoms with E-state index in [-0.39, 0.29) is 47.8 Å². The molecule has 11 nitrogen and oxygen atoms in total. The highest BCUT2D eigenvalue weighted by atomic mass is 79.9. The molecule has 1 amide bonds. The highest BCUT2D eigenvalue weighted by molar-refractivity contribution is 9.10. The predicted octanol–water partition coefficient (Wildman–Crippen LogP) is 4.03. The van der Waals surface area contributed by atoms with Crippen molar-refractivity contribution in [2.45, 2.75) is 44.8 Å². The predicted molar refractivity (Wildman–Crippen MR) is 155 cm³/mol. The fraction of sp³-hybridized carbons (Fsp3) is 0.310. The van der Waals surface area contributed by atoms with Crippen molar-refractivity contribution in [3.05, 3.63) is 64.9 Å². The van der Waals surface area contributed by atoms with Crippen molar-refractivity contribution in [1.29, 1.82) is 5.26 Å². The summed E-state index contributed by atoms with van der Waals surface area (Å²) < 4.78 is 2.40. The van der Waals surface area contributed by atoms with Gasteiger partial charge in [-0.2, -0.15) is 10.4 Å². The third kappa shape index (κ3) is 5.71. The quantitative estimate of drug-likeness (QED) is 0.193. The average Bonchev–Trinajstić information content (AvgIpc) is 3.71. The summed E-state index contributed by atoms with van der Waals surface area (Å²) in [4.78, 5) is 50.8. The summed E-state index contributed by atoms with van der Waals surface area (Å²) in [6, 6.07) is 12.8. The number of nitriles is 1. The van der Waals surface area contributed by atoms with E-state index in [1.807, 2.05) is 49.5 Å². The van der Waals surface area contributed by atoms with Crippen LogP contribution in [0.25, 0.3) is 22.0 Å². The molecule has 2 bridgehead atoms. The van der Waals surface area contributed by atoms with Crippen molar-refractivity contribution in [2.24, 2.45) is 5.92 Å². The molecule has 208 valence electrons. The van der Waals surface area contributed by atoms with Crippen molar-refractivity contribution in [3.63, 3.8) is 0 Å². The topological polar surface area (TPSA) is 147 Å². The second kappa shape index (κ2) is 11.9. The molecule has 2 aliphatic rings. The molecule has 3 atom stereocenters. The molecule has 2 fully saturated rings. The normalized spacial score (nSPS) is 18.9. The Bertz CT molecular complexity index is 1660. The van der Waals surface area contributed by atoms with Gasteiger partial charge < -0.3 is 15.0 Å². The van der Waals surface area contributed by atoms with E-state index in [1.54, 1.807) is 22.0 Å². The number of rotatable bonds is 6. The fourth-order valence-electron chi connectivity index (χ4n) is 5.60. The van der Waals surface area contributed by atoms with Gasteiger partial charge in [-0.1, -0.05) is 12.1 Å². The summed E-state index contributed by atoms with van der Waals surface area (Å²) in [7, 11) is 1.84. The number of anilines is 1. The van der Waals surface area contributed by atoms with E-state index in [0.29, 0.717) is 16.5 Å². The molecule has 1 aliphatic carbocycles. The first-order chi connectivity index (χ1) is 19.8. The van der Waals surface area contributed by atoms with Crippen LogP contribution in [-0.4, -0.2) is 66.7 Å². The van der Waals surface area contributed by atoms with E-state index in [9.17, 15) is 14.4 Å². The number of aromatic nitrogens is 5. The summed E-state index contributed by atoms with van der Waals surface area (Å²) >= 11 is 3.25. The minimum absolute atomic E-state index is 0.0311. The Hall–Kier alpha value is -4.50. The van der Waals surface area contributed by atoms with Gasteiger partial charge in [0.1, 0.15) is 35.0 Å². The molecular formula is C29H27BrN8O3. The Morgan fingerprint density at radius 1 is 1.17 bits per heavy atom. The van der Waals surface area contributed by atoms with Crippen LogP contribution in [0.15, 0.2) is 53.4 Å². The molecule has 4 heterocycles. The number of nitrogens with zero attached hydrogens (tertiary/aromatic N) is 7. The number of aldehydes is 1. The number of benzene rings is 1. The number of pyridine rings is 1. The van der Waals surface area contributed by atoms with E-state index in [0.717, 1.165) is 41.5 Å². The number of likely N-dealkylation sites (tertiary alicyclic amines) is 1. The number of hydrogen-bond donors (Lipinski definition) is 1. The lowest BCUT2D eigenvalue weighted by molar-refractivity contribution is -0.139. The lowest BCUT2D eigenvalue weighted by Gasteiger charge is -2.32. The fourth-order valence-corrected chi connectivity index (χ4v) is 5.95. The number of nitrogens with one attached hydrogen (secondary N) is 1. The van der Waals surface area contributed by atoms with Crippen LogP contribution in [0.4, 0.5) is 5.82 Å². The monoisotopic (exact) mass is 614 g/mol. The lowest BCUT2D eigenvalue weighted by Crippen LogP contribution is -2.47. The number of carbonyl (C=O) groups excluding carboxylic acids is 3. The number of carbonyl (C=O) groups is 3. The first-order valence-electron chi connectivity index (χ1n) is 13.1. The number of ketones is 1. The number of piperidine rings is 1. The van der Waals surface area contributed by atoms with Gasteiger partial charge in [-0.05, 0) is 70.9 Å². The van der Waals surface area contributed by atoms with Gasteiger partial charge in [0.2, 0.25) is 11.7 Å². The number of hydrogen-bond acceptors (Lipinski definition) is 9. The van der Waals surface area contributed by atoms with Crippen LogP contribution in [0.2, 0.25) is 0 Å². The van der Waals surface area contributed by atoms with Gasteiger partial charge in [-0.25, -0.2) is 15.0 Å². The third-order valence-corrected chi connectivity index (χ3v) is 7.94. The number of Topliss-reactive ketones (excluding diaryl/α,β-unsaturated/α-hetero) is 1. The summed E-state index contributed by atoms with van der Waals surface area (Å²) in [5.41, 5.74) is 2.41. The molecule has 1 aliphatic heterocycles. The van der Waals surface area contributed by atoms with Gasteiger partial charge in [0.15, 0.2) is 5.78 Å². The minimum atomic E-state index is -0.363. The third-order valence-electron chi connectivity index (χ3n) is 7.50. The Kier molecular flexibility index (Phi) is 8.16. The summed E-state index contributed by atoms with van der Waals surface area (Å²) in [6.45, 7) is 1.41. The van der Waals surface area contributed by atoms with Gasteiger partial charge in [0, 0.05) is 43.4 Å². The molecule has 4 aromatic rings. The first kappa shape index (κ1) is 28.0. The number of fused-ring (bicyclic) bond motifs is 3. The molecule has 1 saturated carbocycles. The van der Waals surface area contributed by atoms with Crippen LogP contribution in [0, 0.1) is 17.2 Å². The molecule has 6 rings (SSSR count). The average molecular weight is 615 g/mol. The molecule has 1 saturated heterocycles. The summed E-state index contributed by atoms with van der Waals surface area (Å²) in [5.74, 6) is 0.846. The Morgan fingerprint density at radius 2 is 1.95 bits per heavy atom. The molecule has 3 unspecified atom stereocenters. The molecule has 0 radical (unpaired) electrons. The van der Waals surface area contributed by atoms with Crippen molar-refractivity contribution >= 4 is 50.6 Å². The van der Waals surface area contributed by atoms with E-state index in [1.165, 1.54) is 6.92 Å². The summed E-state index contributed by atoms with van der Waals surface area (Å²) in [5, 5.41) is 16.9. The Balaban J connectivity index is 0.000000321. The molecule has 3 aromatic heterocycles. The van der Waals surface area contributed by atoms with Crippen LogP contribution < -0.4 is 5.32 Å². The zero-order chi connectivity index (χ0) is 29.1. The smallest absolute Gasteiger partial charge is 0.245 e. The maximum Gasteiger partial charge on any atom is 0.245 e. The maximum atomic E-state index is 13.1. The SMILES string of the molecule is CC(=O)c1nn(CC(=O)N2C3CCC(C3)C2C=O)c2ccc(-c3cnc(C#N)nc3)cc12.CNc1cccc(Br)n1. The largest absolute Gasteiger partial charge is 0.373 e. The maximum absolute atomic E-state index is 13.1. The second-order valence-electron chi connectivity index (χ2n) is 9.95. The lowest BCUT2D eigenvalue weighted by atomic mass is 10.00. The highest BCUT2D eigenvalue weighted by Crippen LogP contribution is 2.41. The van der Waals surface area contributed by atoms with E-state index >= 15 is 0 Å². The van der Waals surface area contributed by atoms with Gasteiger partial charge in [0.05, 0.1) is 11.6 Å². The van der Waals surface area contributed by atoms with Crippen molar-refractivity contribution in [2.75, 3.05) is 12.4 Å². The standard InChI is InChI=1S/C23H20N6O3.C6H7BrN2/c1-13(31)23-18-7-14(16-9-25-21(8-24)26-10-16)3-5-19(18)28(27-23)11-22(32)29-17-4-2-15(6-17)20(29)12-30;1-8-6-4-2-3-5(7)9-6/h3,5,7,9-10,12,15,17,20H,2,4,6,11H2,1H3;2-4H,1H3,(H,8,9). The van der Waals surface area contributed by atoms with Crippen molar-refractivity contribution < 1.29 is 14.4 Å².